The van der Waals surface area contributed by atoms with Crippen LogP contribution in [0.3, 0.4) is 0 Å². The number of benzene rings is 1. The van der Waals surface area contributed by atoms with E-state index in [4.69, 9.17) is 9.47 Å². The smallest absolute Gasteiger partial charge is 0.245 e. The van der Waals surface area contributed by atoms with Gasteiger partial charge >= 0.3 is 0 Å². The predicted octanol–water partition coefficient (Wildman–Crippen LogP) is 5.19. The van der Waals surface area contributed by atoms with Crippen molar-refractivity contribution in [1.29, 1.82) is 0 Å². The molecule has 1 aliphatic heterocycles. The number of likely N-dealkylation sites (tertiary alicyclic amines) is 1. The molecule has 2 heterocycles. The van der Waals surface area contributed by atoms with Crippen LogP contribution in [0.1, 0.15) is 90.8 Å². The van der Waals surface area contributed by atoms with Crippen LogP contribution in [0.15, 0.2) is 41.9 Å². The third kappa shape index (κ3) is 12.1. The standard InChI is InChI=1S/C42H68N6O6S/c1-13-28(6)37(47(10)42(52)35(26(2)3)45-40(51)36(27(4)5)46(8)9)33(53-11)25-34(49)48-22-17-20-32(48)38(54-12)29(7)39(50)44-31(41-43-21-23-55-41)24-30-18-15-14-16-19-30/h14-16,18-19,21,23,26-29,31-33,35-38H,13,17,20,22,24-25H2,1-12H3,(H,44,50)(H,45,51)/t28-,29-,31+,32+,33?,35+,36?,37+,38-/m1/s1. The number of carbonyl (C=O) groups excluding carboxylic acids is 4. The molecule has 0 saturated carbocycles. The molecule has 1 saturated heterocycles. The minimum absolute atomic E-state index is 0.00751. The quantitative estimate of drug-likeness (QED) is 0.177. The van der Waals surface area contributed by atoms with Crippen LogP contribution in [0.5, 0.6) is 0 Å². The fourth-order valence-corrected chi connectivity index (χ4v) is 8.86. The molecule has 1 aromatic heterocycles. The Morgan fingerprint density at radius 3 is 2.15 bits per heavy atom. The average molecular weight is 785 g/mol. The lowest BCUT2D eigenvalue weighted by atomic mass is 9.89. The van der Waals surface area contributed by atoms with Gasteiger partial charge < -0.3 is 29.9 Å². The van der Waals surface area contributed by atoms with E-state index in [2.05, 4.69) is 29.5 Å². The Morgan fingerprint density at radius 2 is 1.62 bits per heavy atom. The van der Waals surface area contributed by atoms with Crippen molar-refractivity contribution < 1.29 is 28.7 Å². The van der Waals surface area contributed by atoms with Gasteiger partial charge in [0, 0.05) is 39.4 Å². The first-order valence-electron chi connectivity index (χ1n) is 19.9. The van der Waals surface area contributed by atoms with Crippen molar-refractivity contribution in [3.05, 3.63) is 52.5 Å². The van der Waals surface area contributed by atoms with E-state index in [0.29, 0.717) is 19.4 Å². The summed E-state index contributed by atoms with van der Waals surface area (Å²) in [6.45, 7) is 14.3. The summed E-state index contributed by atoms with van der Waals surface area (Å²) in [7, 11) is 8.66. The van der Waals surface area contributed by atoms with Crippen LogP contribution in [0.2, 0.25) is 0 Å². The molecule has 2 N–H and O–H groups in total. The van der Waals surface area contributed by atoms with E-state index in [1.54, 1.807) is 32.4 Å². The molecule has 1 aromatic carbocycles. The molecule has 2 aromatic rings. The van der Waals surface area contributed by atoms with E-state index in [1.807, 2.05) is 94.2 Å². The number of hydrogen-bond acceptors (Lipinski definition) is 9. The van der Waals surface area contributed by atoms with Crippen molar-refractivity contribution in [3.8, 4) is 0 Å². The van der Waals surface area contributed by atoms with Crippen molar-refractivity contribution in [2.45, 2.75) is 123 Å². The van der Waals surface area contributed by atoms with E-state index in [1.165, 1.54) is 11.3 Å². The first-order chi connectivity index (χ1) is 26.1. The van der Waals surface area contributed by atoms with Gasteiger partial charge in [-0.3, -0.25) is 24.1 Å². The first-order valence-corrected chi connectivity index (χ1v) is 20.8. The lowest BCUT2D eigenvalue weighted by Crippen LogP contribution is -2.59. The number of nitrogens with zero attached hydrogens (tertiary/aromatic N) is 4. The molecule has 1 fully saturated rings. The third-order valence-electron chi connectivity index (χ3n) is 11.3. The summed E-state index contributed by atoms with van der Waals surface area (Å²) < 4.78 is 12.1. The highest BCUT2D eigenvalue weighted by molar-refractivity contribution is 7.09. The van der Waals surface area contributed by atoms with E-state index in [0.717, 1.165) is 23.4 Å². The van der Waals surface area contributed by atoms with E-state index in [-0.39, 0.29) is 65.9 Å². The Kier molecular flexibility index (Phi) is 18.2. The van der Waals surface area contributed by atoms with Crippen LogP contribution in [0.4, 0.5) is 0 Å². The highest BCUT2D eigenvalue weighted by atomic mass is 32.1. The van der Waals surface area contributed by atoms with Gasteiger partial charge in [-0.05, 0) is 56.7 Å². The van der Waals surface area contributed by atoms with Crippen LogP contribution >= 0.6 is 11.3 Å². The number of hydrogen-bond donors (Lipinski definition) is 2. The number of ether oxygens (including phenoxy) is 2. The molecule has 9 atom stereocenters. The highest BCUT2D eigenvalue weighted by Gasteiger charge is 2.43. The molecule has 0 radical (unpaired) electrons. The zero-order valence-electron chi connectivity index (χ0n) is 35.3. The monoisotopic (exact) mass is 784 g/mol. The van der Waals surface area contributed by atoms with E-state index >= 15 is 0 Å². The second-order valence-electron chi connectivity index (χ2n) is 16.1. The van der Waals surface area contributed by atoms with Gasteiger partial charge in [-0.1, -0.05) is 85.2 Å². The number of rotatable bonds is 21. The molecule has 12 nitrogen and oxygen atoms in total. The molecule has 2 unspecified atom stereocenters. The maximum absolute atomic E-state index is 14.3. The molecule has 3 rings (SSSR count). The van der Waals surface area contributed by atoms with Crippen molar-refractivity contribution in [2.75, 3.05) is 41.9 Å². The molecule has 308 valence electrons. The fraction of sp³-hybridized carbons (Fsp3) is 0.690. The minimum atomic E-state index is -0.751. The number of methoxy groups -OCH3 is 2. The van der Waals surface area contributed by atoms with Gasteiger partial charge in [0.05, 0.1) is 48.7 Å². The number of carbonyl (C=O) groups is 4. The SMILES string of the molecule is CC[C@@H](C)[C@@H](C(CC(=O)N1CCC[C@H]1[C@H](OC)[C@@H](C)C(=O)N[C@@H](Cc1ccccc1)c1nccs1)OC)N(C)C(=O)[C@@H](NC(=O)C(C(C)C)N(C)C)C(C)C. The van der Waals surface area contributed by atoms with E-state index < -0.39 is 30.2 Å². The Balaban J connectivity index is 1.79. The van der Waals surface area contributed by atoms with E-state index in [9.17, 15) is 19.2 Å². The van der Waals surface area contributed by atoms with Gasteiger partial charge in [0.15, 0.2) is 0 Å². The summed E-state index contributed by atoms with van der Waals surface area (Å²) in [6, 6.07) is 7.83. The topological polar surface area (TPSA) is 133 Å². The lowest BCUT2D eigenvalue weighted by molar-refractivity contribution is -0.148. The number of nitrogens with one attached hydrogen (secondary N) is 2. The average Bonchev–Trinajstić information content (AvgIpc) is 3.87. The molecule has 4 amide bonds. The third-order valence-corrected chi connectivity index (χ3v) is 12.2. The highest BCUT2D eigenvalue weighted by Crippen LogP contribution is 2.30. The van der Waals surface area contributed by atoms with Gasteiger partial charge in [-0.25, -0.2) is 4.98 Å². The molecule has 13 heteroatoms. The molecular formula is C42H68N6O6S. The Morgan fingerprint density at radius 1 is 0.945 bits per heavy atom. The van der Waals surface area contributed by atoms with Crippen molar-refractivity contribution in [1.82, 2.24) is 30.3 Å². The maximum Gasteiger partial charge on any atom is 0.245 e. The Hall–Kier alpha value is -3.39. The van der Waals surface area contributed by atoms with Gasteiger partial charge in [0.1, 0.15) is 11.0 Å². The molecule has 55 heavy (non-hydrogen) atoms. The second-order valence-corrected chi connectivity index (χ2v) is 17.0. The Labute approximate surface area is 334 Å². The molecule has 1 aliphatic rings. The molecule has 0 aliphatic carbocycles. The minimum Gasteiger partial charge on any atom is -0.379 e. The van der Waals surface area contributed by atoms with Gasteiger partial charge in [0.2, 0.25) is 23.6 Å². The number of thiazole rings is 1. The molecule has 0 spiro atoms. The summed E-state index contributed by atoms with van der Waals surface area (Å²) >= 11 is 1.51. The first kappa shape index (κ1) is 46.0. The zero-order valence-corrected chi connectivity index (χ0v) is 36.1. The lowest BCUT2D eigenvalue weighted by Gasteiger charge is -2.41. The number of likely N-dealkylation sites (N-methyl/N-ethyl adjacent to an activating group) is 2. The summed E-state index contributed by atoms with van der Waals surface area (Å²) in [5.74, 6) is -1.35. The van der Waals surface area contributed by atoms with Crippen LogP contribution < -0.4 is 10.6 Å². The van der Waals surface area contributed by atoms with Crippen LogP contribution in [0.25, 0.3) is 0 Å². The maximum atomic E-state index is 14.3. The Bertz CT molecular complexity index is 1480. The summed E-state index contributed by atoms with van der Waals surface area (Å²) in [4.78, 5) is 65.8. The zero-order chi connectivity index (χ0) is 41.0. The fourth-order valence-electron chi connectivity index (χ4n) is 8.17. The summed E-state index contributed by atoms with van der Waals surface area (Å²) in [6.07, 6.45) is 3.49. The largest absolute Gasteiger partial charge is 0.379 e. The van der Waals surface area contributed by atoms with Crippen molar-refractivity contribution in [2.24, 2.45) is 23.7 Å². The second kappa shape index (κ2) is 21.8. The van der Waals surface area contributed by atoms with Crippen molar-refractivity contribution >= 4 is 35.0 Å². The van der Waals surface area contributed by atoms with Gasteiger partial charge in [-0.2, -0.15) is 0 Å². The summed E-state index contributed by atoms with van der Waals surface area (Å²) in [5.41, 5.74) is 1.09. The summed E-state index contributed by atoms with van der Waals surface area (Å²) in [5, 5.41) is 9.02. The number of amides is 4. The van der Waals surface area contributed by atoms with Gasteiger partial charge in [-0.15, -0.1) is 11.3 Å². The normalized spacial score (nSPS) is 19.0. The number of aromatic nitrogens is 1. The van der Waals surface area contributed by atoms with Crippen LogP contribution in [0, 0.1) is 23.7 Å². The molecule has 0 bridgehead atoms. The van der Waals surface area contributed by atoms with Crippen LogP contribution in [-0.4, -0.2) is 122 Å². The predicted molar refractivity (Wildman–Crippen MR) is 218 cm³/mol. The van der Waals surface area contributed by atoms with Gasteiger partial charge in [0.25, 0.3) is 0 Å². The van der Waals surface area contributed by atoms with Crippen molar-refractivity contribution in [3.63, 3.8) is 0 Å². The molecular weight excluding hydrogens is 717 g/mol. The van der Waals surface area contributed by atoms with Crippen LogP contribution in [-0.2, 0) is 35.1 Å².